The molecule has 1 aromatic carbocycles. The average Bonchev–Trinajstić information content (AvgIpc) is 2.28. The van der Waals surface area contributed by atoms with Crippen LogP contribution in [0, 0.1) is 0 Å². The zero-order chi connectivity index (χ0) is 13.0. The van der Waals surface area contributed by atoms with E-state index in [1.165, 1.54) is 32.2 Å². The normalized spacial score (nSPS) is 11.6. The van der Waals surface area contributed by atoms with Crippen LogP contribution in [0.25, 0.3) is 0 Å². The number of ether oxygens (including phenoxy) is 1. The van der Waals surface area contributed by atoms with Gasteiger partial charge in [0.05, 0.1) is 12.7 Å². The molecule has 3 N–H and O–H groups in total. The van der Waals surface area contributed by atoms with Gasteiger partial charge >= 0.3 is 5.97 Å². The van der Waals surface area contributed by atoms with Crippen LogP contribution in [0.15, 0.2) is 18.2 Å². The van der Waals surface area contributed by atoms with Crippen LogP contribution in [-0.4, -0.2) is 35.2 Å². The summed E-state index contributed by atoms with van der Waals surface area (Å²) in [6.07, 6.45) is 0. The second-order valence-electron chi connectivity index (χ2n) is 3.39. The number of benzene rings is 1. The summed E-state index contributed by atoms with van der Waals surface area (Å²) in [5.41, 5.74) is -0.0301. The van der Waals surface area contributed by atoms with Crippen molar-refractivity contribution < 1.29 is 24.5 Å². The van der Waals surface area contributed by atoms with E-state index in [2.05, 4.69) is 5.32 Å². The van der Waals surface area contributed by atoms with Crippen LogP contribution >= 0.6 is 0 Å². The monoisotopic (exact) mass is 239 g/mol. The van der Waals surface area contributed by atoms with Crippen molar-refractivity contribution in [3.8, 4) is 11.5 Å². The van der Waals surface area contributed by atoms with Crippen LogP contribution in [0.3, 0.4) is 0 Å². The smallest absolute Gasteiger partial charge is 0.325 e. The predicted octanol–water partition coefficient (Wildman–Crippen LogP) is 0.604. The molecule has 1 unspecified atom stereocenters. The minimum absolute atomic E-state index is 0.0301. The van der Waals surface area contributed by atoms with Gasteiger partial charge in [0.15, 0.2) is 11.5 Å². The number of aliphatic carboxylic acids is 1. The van der Waals surface area contributed by atoms with Gasteiger partial charge in [-0.2, -0.15) is 0 Å². The van der Waals surface area contributed by atoms with Gasteiger partial charge in [-0.1, -0.05) is 6.07 Å². The maximum absolute atomic E-state index is 11.7. The Labute approximate surface area is 97.8 Å². The molecule has 0 aliphatic carbocycles. The summed E-state index contributed by atoms with van der Waals surface area (Å²) >= 11 is 0. The number of amides is 1. The number of carbonyl (C=O) groups is 2. The van der Waals surface area contributed by atoms with Crippen LogP contribution in [0.1, 0.15) is 17.3 Å². The molecule has 0 saturated heterocycles. The van der Waals surface area contributed by atoms with Crippen molar-refractivity contribution in [2.45, 2.75) is 13.0 Å². The lowest BCUT2D eigenvalue weighted by molar-refractivity contribution is -0.138. The molecule has 92 valence electrons. The number of carboxylic acid groups (broad SMARTS) is 1. The summed E-state index contributed by atoms with van der Waals surface area (Å²) in [7, 11) is 1.36. The van der Waals surface area contributed by atoms with Gasteiger partial charge in [-0.25, -0.2) is 0 Å². The number of hydrogen-bond donors (Lipinski definition) is 3. The van der Waals surface area contributed by atoms with Crippen LogP contribution in [0.5, 0.6) is 11.5 Å². The molecule has 1 aromatic rings. The van der Waals surface area contributed by atoms with E-state index < -0.39 is 17.9 Å². The molecule has 0 saturated carbocycles. The van der Waals surface area contributed by atoms with Gasteiger partial charge in [0.25, 0.3) is 5.91 Å². The van der Waals surface area contributed by atoms with Gasteiger partial charge in [-0.05, 0) is 19.1 Å². The molecule has 0 radical (unpaired) electrons. The van der Waals surface area contributed by atoms with Gasteiger partial charge in [-0.15, -0.1) is 0 Å². The summed E-state index contributed by atoms with van der Waals surface area (Å²) in [5.74, 6) is -1.98. The molecule has 0 fully saturated rings. The number of carbonyl (C=O) groups excluding carboxylic acids is 1. The lowest BCUT2D eigenvalue weighted by Crippen LogP contribution is -2.38. The second kappa shape index (κ2) is 5.20. The Bertz CT molecular complexity index is 443. The zero-order valence-electron chi connectivity index (χ0n) is 9.43. The maximum atomic E-state index is 11.7. The standard InChI is InChI=1S/C11H13NO5/c1-6(11(15)16)12-10(14)7-4-3-5-8(17-2)9(7)13/h3-6,13H,1-2H3,(H,12,14)(H,15,16). The van der Waals surface area contributed by atoms with E-state index in [1.807, 2.05) is 0 Å². The number of aromatic hydroxyl groups is 1. The highest BCUT2D eigenvalue weighted by atomic mass is 16.5. The number of nitrogens with one attached hydrogen (secondary N) is 1. The van der Waals surface area contributed by atoms with E-state index in [9.17, 15) is 14.7 Å². The average molecular weight is 239 g/mol. The lowest BCUT2D eigenvalue weighted by Gasteiger charge is -2.11. The van der Waals surface area contributed by atoms with Gasteiger partial charge in [0.1, 0.15) is 6.04 Å². The van der Waals surface area contributed by atoms with E-state index in [1.54, 1.807) is 0 Å². The van der Waals surface area contributed by atoms with Crippen molar-refractivity contribution in [3.05, 3.63) is 23.8 Å². The number of methoxy groups -OCH3 is 1. The molecule has 6 nitrogen and oxygen atoms in total. The molecule has 6 heteroatoms. The summed E-state index contributed by atoms with van der Waals surface area (Å²) in [5, 5.41) is 20.6. The molecule has 1 amide bonds. The van der Waals surface area contributed by atoms with Crippen molar-refractivity contribution in [2.75, 3.05) is 7.11 Å². The van der Waals surface area contributed by atoms with Gasteiger partial charge in [0, 0.05) is 0 Å². The Morgan fingerprint density at radius 3 is 2.59 bits per heavy atom. The fourth-order valence-electron chi connectivity index (χ4n) is 1.21. The third-order valence-electron chi connectivity index (χ3n) is 2.18. The van der Waals surface area contributed by atoms with Crippen LogP contribution in [-0.2, 0) is 4.79 Å². The SMILES string of the molecule is COc1cccc(C(=O)NC(C)C(=O)O)c1O. The van der Waals surface area contributed by atoms with Crippen LogP contribution in [0.2, 0.25) is 0 Å². The Balaban J connectivity index is 2.93. The quantitative estimate of drug-likeness (QED) is 0.715. The fraction of sp³-hybridized carbons (Fsp3) is 0.273. The minimum atomic E-state index is -1.15. The third kappa shape index (κ3) is 2.87. The molecule has 0 aromatic heterocycles. The first-order valence-corrected chi connectivity index (χ1v) is 4.87. The van der Waals surface area contributed by atoms with Gasteiger partial charge in [0.2, 0.25) is 0 Å². The van der Waals surface area contributed by atoms with Crippen LogP contribution < -0.4 is 10.1 Å². The second-order valence-corrected chi connectivity index (χ2v) is 3.39. The topological polar surface area (TPSA) is 95.9 Å². The first kappa shape index (κ1) is 12.8. The molecule has 0 aliphatic rings. The van der Waals surface area contributed by atoms with Crippen LogP contribution in [0.4, 0.5) is 0 Å². The van der Waals surface area contributed by atoms with Crippen molar-refractivity contribution in [3.63, 3.8) is 0 Å². The third-order valence-corrected chi connectivity index (χ3v) is 2.18. The lowest BCUT2D eigenvalue weighted by atomic mass is 10.1. The number of rotatable bonds is 4. The van der Waals surface area contributed by atoms with Crippen molar-refractivity contribution >= 4 is 11.9 Å². The molecular weight excluding hydrogens is 226 g/mol. The molecule has 0 bridgehead atoms. The number of para-hydroxylation sites is 1. The Morgan fingerprint density at radius 2 is 2.06 bits per heavy atom. The van der Waals surface area contributed by atoms with E-state index in [-0.39, 0.29) is 17.1 Å². The van der Waals surface area contributed by atoms with E-state index in [0.29, 0.717) is 0 Å². The molecule has 1 rings (SSSR count). The zero-order valence-corrected chi connectivity index (χ0v) is 9.43. The minimum Gasteiger partial charge on any atom is -0.504 e. The summed E-state index contributed by atoms with van der Waals surface area (Å²) in [6.45, 7) is 1.33. The number of hydrogen-bond acceptors (Lipinski definition) is 4. The Hall–Kier alpha value is -2.24. The van der Waals surface area contributed by atoms with Crippen molar-refractivity contribution in [1.82, 2.24) is 5.32 Å². The fourth-order valence-corrected chi connectivity index (χ4v) is 1.21. The van der Waals surface area contributed by atoms with Gasteiger partial charge in [-0.3, -0.25) is 9.59 Å². The molecule has 0 heterocycles. The highest BCUT2D eigenvalue weighted by Gasteiger charge is 2.19. The molecule has 1 atom stereocenters. The molecular formula is C11H13NO5. The molecule has 17 heavy (non-hydrogen) atoms. The van der Waals surface area contributed by atoms with Gasteiger partial charge < -0.3 is 20.3 Å². The first-order chi connectivity index (χ1) is 7.97. The maximum Gasteiger partial charge on any atom is 0.325 e. The number of phenols is 1. The molecule has 0 aliphatic heterocycles. The van der Waals surface area contributed by atoms with E-state index in [4.69, 9.17) is 9.84 Å². The Kier molecular flexibility index (Phi) is 3.92. The van der Waals surface area contributed by atoms with Crippen molar-refractivity contribution in [1.29, 1.82) is 0 Å². The number of phenolic OH excluding ortho intramolecular Hbond substituents is 1. The highest BCUT2D eigenvalue weighted by molar-refractivity contribution is 5.99. The van der Waals surface area contributed by atoms with E-state index in [0.717, 1.165) is 0 Å². The number of carboxylic acids is 1. The summed E-state index contributed by atoms with van der Waals surface area (Å²) < 4.78 is 4.84. The van der Waals surface area contributed by atoms with Crippen molar-refractivity contribution in [2.24, 2.45) is 0 Å². The largest absolute Gasteiger partial charge is 0.504 e. The molecule has 0 spiro atoms. The van der Waals surface area contributed by atoms with E-state index >= 15 is 0 Å². The predicted molar refractivity (Wildman–Crippen MR) is 59.2 cm³/mol. The Morgan fingerprint density at radius 1 is 1.41 bits per heavy atom. The summed E-state index contributed by atoms with van der Waals surface area (Å²) in [4.78, 5) is 22.2. The first-order valence-electron chi connectivity index (χ1n) is 4.87. The summed E-state index contributed by atoms with van der Waals surface area (Å²) in [6, 6.07) is 3.36. The highest BCUT2D eigenvalue weighted by Crippen LogP contribution is 2.29.